The number of methoxy groups -OCH3 is 1. The highest BCUT2D eigenvalue weighted by Gasteiger charge is 2.25. The van der Waals surface area contributed by atoms with Crippen LogP contribution in [0.3, 0.4) is 0 Å². The molecule has 0 amide bonds. The Morgan fingerprint density at radius 1 is 1.15 bits per heavy atom. The van der Waals surface area contributed by atoms with Crippen LogP contribution < -0.4 is 4.90 Å². The first-order valence-corrected chi connectivity index (χ1v) is 9.91. The molecule has 134 valence electrons. The molecular weight excluding hydrogens is 344 g/mol. The number of carbonyl (C=O) groups is 1. The molecule has 0 radical (unpaired) electrons. The molecule has 0 atom stereocenters. The number of para-hydroxylation sites is 1. The highest BCUT2D eigenvalue weighted by atomic mass is 32.1. The van der Waals surface area contributed by atoms with E-state index in [4.69, 9.17) is 9.72 Å². The van der Waals surface area contributed by atoms with Gasteiger partial charge in [-0.15, -0.1) is 11.3 Å². The minimum absolute atomic E-state index is 0.277. The number of thiazole rings is 1. The van der Waals surface area contributed by atoms with Gasteiger partial charge in [0, 0.05) is 24.3 Å². The fraction of sp³-hybridized carbons (Fsp3) is 0.333. The Hall–Kier alpha value is -2.24. The maximum Gasteiger partial charge on any atom is 0.337 e. The molecule has 0 saturated carbocycles. The van der Waals surface area contributed by atoms with Crippen LogP contribution in [-0.4, -0.2) is 31.2 Å². The van der Waals surface area contributed by atoms with Gasteiger partial charge < -0.3 is 9.64 Å². The smallest absolute Gasteiger partial charge is 0.337 e. The van der Waals surface area contributed by atoms with Crippen molar-refractivity contribution < 1.29 is 14.4 Å². The number of fused-ring (bicyclic) bond motifs is 1. The number of hydrogen-bond acceptors (Lipinski definition) is 4. The van der Waals surface area contributed by atoms with Crippen molar-refractivity contribution in [1.82, 2.24) is 4.98 Å². The van der Waals surface area contributed by atoms with Crippen LogP contribution in [0.1, 0.15) is 39.7 Å². The molecule has 4 rings (SSSR count). The van der Waals surface area contributed by atoms with E-state index in [1.54, 1.807) is 4.90 Å². The van der Waals surface area contributed by atoms with Gasteiger partial charge in [0.1, 0.15) is 6.54 Å². The zero-order valence-electron chi connectivity index (χ0n) is 14.9. The number of carbonyl (C=O) groups excluding carboxylic acids is 1. The van der Waals surface area contributed by atoms with E-state index in [9.17, 15) is 4.79 Å². The third kappa shape index (κ3) is 3.64. The fourth-order valence-electron chi connectivity index (χ4n) is 3.68. The van der Waals surface area contributed by atoms with E-state index in [0.717, 1.165) is 12.1 Å². The van der Waals surface area contributed by atoms with E-state index < -0.39 is 0 Å². The van der Waals surface area contributed by atoms with Gasteiger partial charge in [0.05, 0.1) is 41.0 Å². The van der Waals surface area contributed by atoms with Gasteiger partial charge in [-0.1, -0.05) is 24.3 Å². The lowest BCUT2D eigenvalue weighted by atomic mass is 9.97. The molecule has 4 nitrogen and oxygen atoms in total. The summed E-state index contributed by atoms with van der Waals surface area (Å²) in [6, 6.07) is 16.2. The summed E-state index contributed by atoms with van der Waals surface area (Å²) in [5.74, 6) is 0.318. The summed E-state index contributed by atoms with van der Waals surface area (Å²) in [5, 5.41) is 1.30. The highest BCUT2D eigenvalue weighted by molar-refractivity contribution is 7.18. The van der Waals surface area contributed by atoms with Gasteiger partial charge in [0.25, 0.3) is 0 Å². The van der Waals surface area contributed by atoms with Crippen LogP contribution in [0.5, 0.6) is 0 Å². The number of likely N-dealkylation sites (tertiary alicyclic amines) is 1. The maximum absolute atomic E-state index is 11.5. The van der Waals surface area contributed by atoms with Crippen LogP contribution in [0.15, 0.2) is 48.5 Å². The first-order valence-electron chi connectivity index (χ1n) is 9.09. The van der Waals surface area contributed by atoms with Crippen molar-refractivity contribution in [2.75, 3.05) is 20.2 Å². The molecule has 0 aliphatic carbocycles. The van der Waals surface area contributed by atoms with E-state index in [-0.39, 0.29) is 5.97 Å². The Labute approximate surface area is 157 Å². The Morgan fingerprint density at radius 3 is 2.58 bits per heavy atom. The van der Waals surface area contributed by atoms with Gasteiger partial charge in [-0.05, 0) is 24.3 Å². The third-order valence-electron chi connectivity index (χ3n) is 5.18. The molecule has 26 heavy (non-hydrogen) atoms. The molecular formula is C21H23N2O2S+. The van der Waals surface area contributed by atoms with Crippen molar-refractivity contribution >= 4 is 27.5 Å². The molecule has 5 heteroatoms. The minimum Gasteiger partial charge on any atom is -0.465 e. The van der Waals surface area contributed by atoms with E-state index >= 15 is 0 Å². The Balaban J connectivity index is 1.35. The predicted octanol–water partition coefficient (Wildman–Crippen LogP) is 3.05. The van der Waals surface area contributed by atoms with Crippen LogP contribution in [0.2, 0.25) is 0 Å². The van der Waals surface area contributed by atoms with Crippen LogP contribution >= 0.6 is 11.3 Å². The zero-order chi connectivity index (χ0) is 17.9. The summed E-state index contributed by atoms with van der Waals surface area (Å²) in [6.45, 7) is 3.34. The number of quaternary nitrogens is 1. The van der Waals surface area contributed by atoms with Crippen LogP contribution in [0.25, 0.3) is 10.2 Å². The standard InChI is InChI=1S/C21H22N2O2S/c1-25-21(24)17-8-6-15(7-9-17)14-23-12-10-16(11-13-23)20-22-18-4-2-3-5-19(18)26-20/h2-9,16H,10-14H2,1H3/p+1. The Bertz CT molecular complexity index is 863. The summed E-state index contributed by atoms with van der Waals surface area (Å²) in [6.07, 6.45) is 2.38. The van der Waals surface area contributed by atoms with Gasteiger partial charge >= 0.3 is 5.97 Å². The second kappa shape index (κ2) is 7.56. The molecule has 1 saturated heterocycles. The monoisotopic (exact) mass is 367 g/mol. The fourth-order valence-corrected chi connectivity index (χ4v) is 4.82. The Kier molecular flexibility index (Phi) is 5.00. The van der Waals surface area contributed by atoms with E-state index in [2.05, 4.69) is 24.3 Å². The SMILES string of the molecule is COC(=O)c1ccc(C[NH+]2CCC(c3nc4ccccc4s3)CC2)cc1. The van der Waals surface area contributed by atoms with Crippen molar-refractivity contribution in [1.29, 1.82) is 0 Å². The van der Waals surface area contributed by atoms with Crippen LogP contribution in [0, 0.1) is 0 Å². The summed E-state index contributed by atoms with van der Waals surface area (Å²) in [7, 11) is 1.41. The van der Waals surface area contributed by atoms with Gasteiger partial charge in [-0.25, -0.2) is 9.78 Å². The molecule has 2 aromatic carbocycles. The quantitative estimate of drug-likeness (QED) is 0.721. The number of nitrogens with one attached hydrogen (secondary N) is 1. The molecule has 3 aromatic rings. The summed E-state index contributed by atoms with van der Waals surface area (Å²) >= 11 is 1.85. The zero-order valence-corrected chi connectivity index (χ0v) is 15.7. The number of ether oxygens (including phenoxy) is 1. The number of rotatable bonds is 4. The number of aromatic nitrogens is 1. The molecule has 0 bridgehead atoms. The second-order valence-corrected chi connectivity index (χ2v) is 7.97. The summed E-state index contributed by atoms with van der Waals surface area (Å²) < 4.78 is 6.05. The second-order valence-electron chi connectivity index (χ2n) is 6.91. The Morgan fingerprint density at radius 2 is 1.88 bits per heavy atom. The molecule has 1 aliphatic heterocycles. The maximum atomic E-state index is 11.5. The van der Waals surface area contributed by atoms with Gasteiger partial charge in [-0.3, -0.25) is 0 Å². The minimum atomic E-state index is -0.277. The topological polar surface area (TPSA) is 43.6 Å². The number of esters is 1. The molecule has 1 fully saturated rings. The predicted molar refractivity (Wildman–Crippen MR) is 104 cm³/mol. The van der Waals surface area contributed by atoms with Gasteiger partial charge in [-0.2, -0.15) is 0 Å². The summed E-state index contributed by atoms with van der Waals surface area (Å²) in [4.78, 5) is 18.0. The van der Waals surface area contributed by atoms with E-state index in [1.807, 2.05) is 35.6 Å². The molecule has 2 heterocycles. The normalized spacial score (nSPS) is 20.2. The lowest BCUT2D eigenvalue weighted by Crippen LogP contribution is -3.11. The highest BCUT2D eigenvalue weighted by Crippen LogP contribution is 2.31. The lowest BCUT2D eigenvalue weighted by Gasteiger charge is -2.28. The van der Waals surface area contributed by atoms with Gasteiger partial charge in [0.15, 0.2) is 0 Å². The number of benzene rings is 2. The van der Waals surface area contributed by atoms with Crippen LogP contribution in [0.4, 0.5) is 0 Å². The summed E-state index contributed by atoms with van der Waals surface area (Å²) in [5.41, 5.74) is 3.01. The molecule has 0 unspecified atom stereocenters. The third-order valence-corrected chi connectivity index (χ3v) is 6.38. The van der Waals surface area contributed by atoms with Crippen LogP contribution in [-0.2, 0) is 11.3 Å². The van der Waals surface area contributed by atoms with Crippen molar-refractivity contribution in [3.8, 4) is 0 Å². The van der Waals surface area contributed by atoms with Crippen molar-refractivity contribution in [3.05, 3.63) is 64.7 Å². The van der Waals surface area contributed by atoms with E-state index in [0.29, 0.717) is 11.5 Å². The lowest BCUT2D eigenvalue weighted by molar-refractivity contribution is -0.919. The van der Waals surface area contributed by atoms with Crippen molar-refractivity contribution in [3.63, 3.8) is 0 Å². The van der Waals surface area contributed by atoms with Gasteiger partial charge in [0.2, 0.25) is 0 Å². The first kappa shape index (κ1) is 17.2. The molecule has 1 aliphatic rings. The largest absolute Gasteiger partial charge is 0.465 e. The molecule has 1 aromatic heterocycles. The first-order chi connectivity index (χ1) is 12.7. The average Bonchev–Trinajstić information content (AvgIpc) is 3.13. The molecule has 0 spiro atoms. The number of piperidine rings is 1. The van der Waals surface area contributed by atoms with Crippen molar-refractivity contribution in [2.24, 2.45) is 0 Å². The molecule has 1 N–H and O–H groups in total. The average molecular weight is 367 g/mol. The number of nitrogens with zero attached hydrogens (tertiary/aromatic N) is 1. The number of hydrogen-bond donors (Lipinski definition) is 1. The van der Waals surface area contributed by atoms with Crippen molar-refractivity contribution in [2.45, 2.75) is 25.3 Å². The van der Waals surface area contributed by atoms with E-state index in [1.165, 1.54) is 48.3 Å².